The Morgan fingerprint density at radius 1 is 0.730 bits per heavy atom. The van der Waals surface area contributed by atoms with E-state index in [0.29, 0.717) is 8.45 Å². The van der Waals surface area contributed by atoms with Crippen LogP contribution in [0.15, 0.2) is 90.5 Å². The summed E-state index contributed by atoms with van der Waals surface area (Å²) in [5.41, 5.74) is 12.2. The zero-order chi connectivity index (χ0) is 24.1. The Labute approximate surface area is 240 Å². The van der Waals surface area contributed by atoms with Crippen molar-refractivity contribution in [2.75, 3.05) is 0 Å². The van der Waals surface area contributed by atoms with Crippen molar-refractivity contribution < 1.29 is 41.4 Å². The second-order valence-corrected chi connectivity index (χ2v) is 22.6. The van der Waals surface area contributed by atoms with Gasteiger partial charge in [0.1, 0.15) is 0 Å². The molecule has 2 atom stereocenters. The van der Waals surface area contributed by atoms with Gasteiger partial charge in [0.05, 0.1) is 0 Å². The van der Waals surface area contributed by atoms with Crippen LogP contribution in [0, 0.1) is 6.92 Å². The van der Waals surface area contributed by atoms with Crippen molar-refractivity contribution in [3.63, 3.8) is 0 Å². The third kappa shape index (κ3) is 4.86. The van der Waals surface area contributed by atoms with Crippen molar-refractivity contribution in [1.29, 1.82) is 0 Å². The number of rotatable bonds is 4. The molecule has 2 unspecified atom stereocenters. The minimum Gasteiger partial charge on any atom is -1.00 e. The molecule has 0 aromatic heterocycles. The fraction of sp³-hybridized carbons (Fsp3) is 0.212. The number of hydrogen-bond acceptors (Lipinski definition) is 0. The van der Waals surface area contributed by atoms with Crippen molar-refractivity contribution in [3.8, 4) is 0 Å². The first-order valence-corrected chi connectivity index (χ1v) is 19.5. The van der Waals surface area contributed by atoms with E-state index in [1.165, 1.54) is 33.0 Å². The zero-order valence-electron chi connectivity index (χ0n) is 21.9. The number of aryl methyl sites for hydroxylation is 1. The van der Waals surface area contributed by atoms with E-state index in [4.69, 9.17) is 0 Å². The maximum Gasteiger partial charge on any atom is -1.00 e. The monoisotopic (exact) mass is 574 g/mol. The summed E-state index contributed by atoms with van der Waals surface area (Å²) in [6, 6.07) is 32.3. The third-order valence-electron chi connectivity index (χ3n) is 7.87. The normalized spacial score (nSPS) is 16.9. The predicted molar refractivity (Wildman–Crippen MR) is 151 cm³/mol. The van der Waals surface area contributed by atoms with Crippen LogP contribution in [0.2, 0.25) is 13.1 Å². The molecule has 0 bridgehead atoms. The predicted octanol–water partition coefficient (Wildman–Crippen LogP) is 3.17. The summed E-state index contributed by atoms with van der Waals surface area (Å²) in [6.45, 7) is 9.85. The molecule has 0 fully saturated rings. The van der Waals surface area contributed by atoms with Gasteiger partial charge in [-0.25, -0.2) is 0 Å². The van der Waals surface area contributed by atoms with Gasteiger partial charge < -0.3 is 24.8 Å². The molecule has 0 spiro atoms. The molecule has 37 heavy (non-hydrogen) atoms. The van der Waals surface area contributed by atoms with Gasteiger partial charge in [-0.15, -0.1) is 0 Å². The molecule has 2 aliphatic carbocycles. The van der Waals surface area contributed by atoms with Gasteiger partial charge in [-0.3, -0.25) is 0 Å². The van der Waals surface area contributed by atoms with E-state index in [1.54, 1.807) is 22.3 Å². The topological polar surface area (TPSA) is 0 Å². The van der Waals surface area contributed by atoms with Crippen molar-refractivity contribution >= 4 is 34.7 Å². The maximum atomic E-state index is 2.61. The summed E-state index contributed by atoms with van der Waals surface area (Å²) in [5.74, 6) is 0. The van der Waals surface area contributed by atoms with Crippen LogP contribution in [0.25, 0.3) is 28.5 Å². The largest absolute Gasteiger partial charge is 1.00 e. The molecule has 4 aromatic rings. The number of benzene rings is 4. The Bertz CT molecular complexity index is 1580. The van der Waals surface area contributed by atoms with Gasteiger partial charge >= 0.3 is 217 Å². The molecule has 0 nitrogen and oxygen atoms in total. The number of hydrogen-bond donors (Lipinski definition) is 0. The molecule has 2 aliphatic rings. The fourth-order valence-electron chi connectivity index (χ4n) is 6.40. The van der Waals surface area contributed by atoms with Crippen molar-refractivity contribution in [2.45, 2.75) is 41.8 Å². The van der Waals surface area contributed by atoms with Gasteiger partial charge in [-0.2, -0.15) is 0 Å². The van der Waals surface area contributed by atoms with Crippen molar-refractivity contribution in [1.82, 2.24) is 0 Å². The first-order valence-electron chi connectivity index (χ1n) is 12.8. The minimum absolute atomic E-state index is 0. The Morgan fingerprint density at radius 3 is 2.00 bits per heavy atom. The molecule has 0 amide bonds. The Balaban J connectivity index is 0.00000160. The molecule has 0 N–H and O–H groups in total. The molecule has 0 radical (unpaired) electrons. The summed E-state index contributed by atoms with van der Waals surface area (Å²) >= 11 is -1.70. The average molecular weight is 575 g/mol. The standard InChI is InChI=1S/C20H15.C11H11.C2H6Si.2ClH.Ti/c1-14-10-17-8-4-5-9-19(17)20(11-14)18-12-15-6-2-3-7-16(15)13-18;1-2-9-7-10-5-3-4-6-11(10)8-9;1-3-2;;;/h2-13H,1H3;3-8H,2H2,1H3;1-2H3;2*1H;/q;;;;;+2/p-2. The summed E-state index contributed by atoms with van der Waals surface area (Å²) in [5, 5.41) is 2.76. The van der Waals surface area contributed by atoms with Crippen LogP contribution < -0.4 is 24.8 Å². The Morgan fingerprint density at radius 2 is 1.32 bits per heavy atom. The first-order chi connectivity index (χ1) is 17.1. The van der Waals surface area contributed by atoms with E-state index in [9.17, 15) is 0 Å². The summed E-state index contributed by atoms with van der Waals surface area (Å²) in [4.78, 5) is 0. The van der Waals surface area contributed by atoms with Crippen LogP contribution >= 0.6 is 0 Å². The number of fused-ring (bicyclic) bond motifs is 3. The second kappa shape index (κ2) is 11.5. The number of halogens is 2. The van der Waals surface area contributed by atoms with Crippen LogP contribution in [0.5, 0.6) is 0 Å². The van der Waals surface area contributed by atoms with Crippen molar-refractivity contribution in [2.24, 2.45) is 0 Å². The third-order valence-corrected chi connectivity index (χ3v) is 20.8. The minimum atomic E-state index is -1.70. The first kappa shape index (κ1) is 28.1. The molecule has 0 saturated carbocycles. The van der Waals surface area contributed by atoms with Gasteiger partial charge in [-0.05, 0) is 0 Å². The van der Waals surface area contributed by atoms with E-state index in [-0.39, 0.29) is 24.8 Å². The molecule has 4 heteroatoms. The molecular formula is C33H32Cl2SiTi. The SMILES string of the molecule is CCC1=Cc2ccccc2[CH]1[Ti+2]([CH]1C(c2cc(C)cc3ccccc23)=Cc2ccccc21)=[Si](C)C.[Cl-].[Cl-]. The quantitative estimate of drug-likeness (QED) is 0.328. The van der Waals surface area contributed by atoms with Gasteiger partial charge in [0, 0.05) is 0 Å². The van der Waals surface area contributed by atoms with E-state index >= 15 is 0 Å². The molecule has 186 valence electrons. The Kier molecular flexibility index (Phi) is 8.73. The van der Waals surface area contributed by atoms with Crippen molar-refractivity contribution in [3.05, 3.63) is 124 Å². The number of allylic oxidation sites excluding steroid dienone is 2. The molecule has 0 saturated heterocycles. The van der Waals surface area contributed by atoms with Gasteiger partial charge in [0.15, 0.2) is 0 Å². The smallest absolute Gasteiger partial charge is 1.00 e. The van der Waals surface area contributed by atoms with E-state index in [2.05, 4.69) is 124 Å². The molecule has 4 aromatic carbocycles. The fourth-order valence-corrected chi connectivity index (χ4v) is 20.0. The Hall–Kier alpha value is -1.87. The van der Waals surface area contributed by atoms with E-state index < -0.39 is 22.8 Å². The molecule has 6 rings (SSSR count). The summed E-state index contributed by atoms with van der Waals surface area (Å²) in [7, 11) is 0. The summed E-state index contributed by atoms with van der Waals surface area (Å²) < 4.78 is 1.24. The van der Waals surface area contributed by atoms with Crippen LogP contribution in [-0.2, 0) is 16.6 Å². The molecular weight excluding hydrogens is 543 g/mol. The van der Waals surface area contributed by atoms with Gasteiger partial charge in [0.25, 0.3) is 0 Å². The van der Waals surface area contributed by atoms with Crippen LogP contribution in [-0.4, -0.2) is 6.19 Å². The van der Waals surface area contributed by atoms with Gasteiger partial charge in [-0.1, -0.05) is 0 Å². The van der Waals surface area contributed by atoms with Crippen LogP contribution in [0.1, 0.15) is 55.2 Å². The van der Waals surface area contributed by atoms with E-state index in [1.807, 2.05) is 0 Å². The maximum absolute atomic E-state index is 2.61. The summed E-state index contributed by atoms with van der Waals surface area (Å²) in [6.07, 6.45) is 5.76. The zero-order valence-corrected chi connectivity index (χ0v) is 25.9. The van der Waals surface area contributed by atoms with Crippen LogP contribution in [0.3, 0.4) is 0 Å². The van der Waals surface area contributed by atoms with E-state index in [0.717, 1.165) is 6.42 Å². The second-order valence-electron chi connectivity index (χ2n) is 10.3. The average Bonchev–Trinajstić information content (AvgIpc) is 3.43. The van der Waals surface area contributed by atoms with Gasteiger partial charge in [0.2, 0.25) is 0 Å². The molecule has 0 heterocycles. The molecule has 0 aliphatic heterocycles. The van der Waals surface area contributed by atoms with Crippen LogP contribution in [0.4, 0.5) is 0 Å².